The zero-order valence-electron chi connectivity index (χ0n) is 9.71. The molecule has 0 saturated heterocycles. The van der Waals surface area contributed by atoms with Crippen molar-refractivity contribution in [1.29, 1.82) is 0 Å². The van der Waals surface area contributed by atoms with Gasteiger partial charge in [0, 0.05) is 12.6 Å². The highest BCUT2D eigenvalue weighted by Gasteiger charge is 2.16. The Morgan fingerprint density at radius 2 is 2.13 bits per heavy atom. The van der Waals surface area contributed by atoms with E-state index in [9.17, 15) is 4.79 Å². The first-order chi connectivity index (χ1) is 7.22. The average Bonchev–Trinajstić information content (AvgIpc) is 2.68. The third kappa shape index (κ3) is 5.30. The lowest BCUT2D eigenvalue weighted by molar-refractivity contribution is 0.236. The molecular formula is C11H22N2OS. The first-order valence-corrected chi connectivity index (χ1v) is 7.15. The molecule has 1 aliphatic rings. The zero-order chi connectivity index (χ0) is 11.1. The predicted octanol–water partition coefficient (Wildman–Crippen LogP) is 2.23. The lowest BCUT2D eigenvalue weighted by atomic mass is 10.2. The summed E-state index contributed by atoms with van der Waals surface area (Å²) in [7, 11) is 0. The van der Waals surface area contributed by atoms with Crippen LogP contribution in [0.5, 0.6) is 0 Å². The third-order valence-corrected chi connectivity index (χ3v) is 3.66. The highest BCUT2D eigenvalue weighted by molar-refractivity contribution is 7.98. The molecule has 2 amide bonds. The molecule has 1 aliphatic carbocycles. The van der Waals surface area contributed by atoms with Gasteiger partial charge in [0.2, 0.25) is 0 Å². The highest BCUT2D eigenvalue weighted by atomic mass is 32.2. The van der Waals surface area contributed by atoms with E-state index in [1.165, 1.54) is 12.8 Å². The van der Waals surface area contributed by atoms with Gasteiger partial charge < -0.3 is 10.6 Å². The van der Waals surface area contributed by atoms with E-state index >= 15 is 0 Å². The summed E-state index contributed by atoms with van der Waals surface area (Å²) in [5.41, 5.74) is 0. The molecule has 1 rings (SSSR count). The Balaban J connectivity index is 2.07. The number of rotatable bonds is 5. The SMILES string of the molecule is CSCC(C)CNC(=O)NC1CCCC1. The molecular weight excluding hydrogens is 208 g/mol. The Hall–Kier alpha value is -0.380. The second-order valence-electron chi connectivity index (χ2n) is 4.40. The minimum atomic E-state index is 0.00912. The number of hydrogen-bond acceptors (Lipinski definition) is 2. The summed E-state index contributed by atoms with van der Waals surface area (Å²) in [6.45, 7) is 2.94. The maximum absolute atomic E-state index is 11.5. The Kier molecular flexibility index (Phi) is 5.91. The second-order valence-corrected chi connectivity index (χ2v) is 5.31. The van der Waals surface area contributed by atoms with Gasteiger partial charge in [-0.3, -0.25) is 0 Å². The minimum absolute atomic E-state index is 0.00912. The minimum Gasteiger partial charge on any atom is -0.338 e. The quantitative estimate of drug-likeness (QED) is 0.760. The first kappa shape index (κ1) is 12.7. The first-order valence-electron chi connectivity index (χ1n) is 5.75. The number of amides is 2. The molecule has 0 aromatic heterocycles. The molecule has 0 aromatic carbocycles. The van der Waals surface area contributed by atoms with Gasteiger partial charge in [-0.15, -0.1) is 0 Å². The average molecular weight is 230 g/mol. The van der Waals surface area contributed by atoms with Gasteiger partial charge in [0.25, 0.3) is 0 Å². The summed E-state index contributed by atoms with van der Waals surface area (Å²) in [5.74, 6) is 1.65. The maximum Gasteiger partial charge on any atom is 0.315 e. The summed E-state index contributed by atoms with van der Waals surface area (Å²) in [6.07, 6.45) is 6.90. The number of carbonyl (C=O) groups excluding carboxylic acids is 1. The second kappa shape index (κ2) is 6.99. The van der Waals surface area contributed by atoms with Crippen LogP contribution in [0.3, 0.4) is 0 Å². The lowest BCUT2D eigenvalue weighted by Crippen LogP contribution is -2.42. The van der Waals surface area contributed by atoms with Crippen molar-refractivity contribution in [3.8, 4) is 0 Å². The van der Waals surface area contributed by atoms with Crippen LogP contribution < -0.4 is 10.6 Å². The van der Waals surface area contributed by atoms with Gasteiger partial charge in [0.1, 0.15) is 0 Å². The molecule has 1 saturated carbocycles. The number of thioether (sulfide) groups is 1. The molecule has 0 aliphatic heterocycles. The van der Waals surface area contributed by atoms with Crippen LogP contribution >= 0.6 is 11.8 Å². The lowest BCUT2D eigenvalue weighted by Gasteiger charge is -2.15. The Bertz CT molecular complexity index is 193. The fraction of sp³-hybridized carbons (Fsp3) is 0.909. The van der Waals surface area contributed by atoms with Gasteiger partial charge in [-0.2, -0.15) is 11.8 Å². The van der Waals surface area contributed by atoms with Crippen LogP contribution in [0.2, 0.25) is 0 Å². The van der Waals surface area contributed by atoms with Gasteiger partial charge in [-0.05, 0) is 30.8 Å². The number of hydrogen-bond donors (Lipinski definition) is 2. The van der Waals surface area contributed by atoms with E-state index in [0.717, 1.165) is 25.1 Å². The number of carbonyl (C=O) groups is 1. The summed E-state index contributed by atoms with van der Waals surface area (Å²) in [5, 5.41) is 5.95. The van der Waals surface area contributed by atoms with E-state index in [-0.39, 0.29) is 6.03 Å². The van der Waals surface area contributed by atoms with Gasteiger partial charge in [-0.25, -0.2) is 4.79 Å². The molecule has 2 N–H and O–H groups in total. The van der Waals surface area contributed by atoms with Crippen LogP contribution in [0.25, 0.3) is 0 Å². The van der Waals surface area contributed by atoms with Crippen molar-refractivity contribution in [2.24, 2.45) is 5.92 Å². The predicted molar refractivity (Wildman–Crippen MR) is 66.3 cm³/mol. The van der Waals surface area contributed by atoms with Crippen molar-refractivity contribution >= 4 is 17.8 Å². The summed E-state index contributed by atoms with van der Waals surface area (Å²) in [4.78, 5) is 11.5. The third-order valence-electron chi connectivity index (χ3n) is 2.75. The fourth-order valence-electron chi connectivity index (χ4n) is 1.92. The summed E-state index contributed by atoms with van der Waals surface area (Å²) < 4.78 is 0. The molecule has 88 valence electrons. The van der Waals surface area contributed by atoms with E-state index in [1.54, 1.807) is 0 Å². The van der Waals surface area contributed by atoms with Crippen molar-refractivity contribution in [3.05, 3.63) is 0 Å². The van der Waals surface area contributed by atoms with Gasteiger partial charge in [0.05, 0.1) is 0 Å². The van der Waals surface area contributed by atoms with Gasteiger partial charge in [-0.1, -0.05) is 19.8 Å². The maximum atomic E-state index is 11.5. The smallest absolute Gasteiger partial charge is 0.315 e. The van der Waals surface area contributed by atoms with Crippen LogP contribution in [-0.2, 0) is 0 Å². The summed E-state index contributed by atoms with van der Waals surface area (Å²) in [6, 6.07) is 0.427. The molecule has 3 nitrogen and oxygen atoms in total. The monoisotopic (exact) mass is 230 g/mol. The van der Waals surface area contributed by atoms with Crippen LogP contribution in [0.4, 0.5) is 4.79 Å². The van der Waals surface area contributed by atoms with Crippen LogP contribution in [0.15, 0.2) is 0 Å². The van der Waals surface area contributed by atoms with Crippen molar-refractivity contribution < 1.29 is 4.79 Å². The van der Waals surface area contributed by atoms with Crippen molar-refractivity contribution in [1.82, 2.24) is 10.6 Å². The molecule has 0 radical (unpaired) electrons. The molecule has 15 heavy (non-hydrogen) atoms. The fourth-order valence-corrected chi connectivity index (χ4v) is 2.60. The van der Waals surface area contributed by atoms with Crippen LogP contribution in [0, 0.1) is 5.92 Å². The Morgan fingerprint density at radius 3 is 2.73 bits per heavy atom. The normalized spacial score (nSPS) is 18.8. The largest absolute Gasteiger partial charge is 0.338 e. The Labute approximate surface area is 96.8 Å². The molecule has 0 bridgehead atoms. The van der Waals surface area contributed by atoms with Crippen LogP contribution in [-0.4, -0.2) is 30.6 Å². The van der Waals surface area contributed by atoms with Gasteiger partial charge >= 0.3 is 6.03 Å². The van der Waals surface area contributed by atoms with E-state index in [0.29, 0.717) is 12.0 Å². The topological polar surface area (TPSA) is 41.1 Å². The molecule has 0 aromatic rings. The molecule has 4 heteroatoms. The van der Waals surface area contributed by atoms with Crippen molar-refractivity contribution in [3.63, 3.8) is 0 Å². The molecule has 0 heterocycles. The van der Waals surface area contributed by atoms with Gasteiger partial charge in [0.15, 0.2) is 0 Å². The number of urea groups is 1. The van der Waals surface area contributed by atoms with Crippen molar-refractivity contribution in [2.75, 3.05) is 18.6 Å². The van der Waals surface area contributed by atoms with E-state index < -0.39 is 0 Å². The molecule has 1 unspecified atom stereocenters. The Morgan fingerprint density at radius 1 is 1.47 bits per heavy atom. The standard InChI is InChI=1S/C11H22N2OS/c1-9(8-15-2)7-12-11(14)13-10-5-3-4-6-10/h9-10H,3-8H2,1-2H3,(H2,12,13,14). The highest BCUT2D eigenvalue weighted by Crippen LogP contribution is 2.17. The van der Waals surface area contributed by atoms with E-state index in [4.69, 9.17) is 0 Å². The zero-order valence-corrected chi connectivity index (χ0v) is 10.5. The summed E-state index contributed by atoms with van der Waals surface area (Å²) >= 11 is 1.82. The molecule has 0 spiro atoms. The molecule has 1 fully saturated rings. The van der Waals surface area contributed by atoms with E-state index in [1.807, 2.05) is 11.8 Å². The van der Waals surface area contributed by atoms with E-state index in [2.05, 4.69) is 23.8 Å². The van der Waals surface area contributed by atoms with Crippen molar-refractivity contribution in [2.45, 2.75) is 38.6 Å². The molecule has 1 atom stereocenters. The van der Waals surface area contributed by atoms with Crippen LogP contribution in [0.1, 0.15) is 32.6 Å². The number of nitrogens with one attached hydrogen (secondary N) is 2.